The second kappa shape index (κ2) is 5.52. The third-order valence-corrected chi connectivity index (χ3v) is 3.55. The molecule has 0 aromatic carbocycles. The van der Waals surface area contributed by atoms with Crippen LogP contribution >= 0.6 is 0 Å². The average Bonchev–Trinajstić information content (AvgIpc) is 2.85. The van der Waals surface area contributed by atoms with Gasteiger partial charge < -0.3 is 5.11 Å². The monoisotopic (exact) mass is 251 g/mol. The third-order valence-electron chi connectivity index (χ3n) is 3.55. The molecule has 1 aliphatic rings. The van der Waals surface area contributed by atoms with Crippen LogP contribution in [0.2, 0.25) is 0 Å². The topological polar surface area (TPSA) is 58.4 Å². The van der Waals surface area contributed by atoms with Crippen molar-refractivity contribution >= 4 is 5.97 Å². The van der Waals surface area contributed by atoms with E-state index in [1.54, 1.807) is 0 Å². The fourth-order valence-corrected chi connectivity index (χ4v) is 2.72. The summed E-state index contributed by atoms with van der Waals surface area (Å²) in [5.41, 5.74) is 2.43. The summed E-state index contributed by atoms with van der Waals surface area (Å²) in [5.74, 6) is -0.373. The number of aliphatic carboxylic acids is 1. The maximum absolute atomic E-state index is 10.7. The van der Waals surface area contributed by atoms with Crippen LogP contribution in [0, 0.1) is 5.92 Å². The van der Waals surface area contributed by atoms with Gasteiger partial charge in [-0.1, -0.05) is 6.92 Å². The number of hydrogen-bond donors (Lipinski definition) is 1. The van der Waals surface area contributed by atoms with Crippen molar-refractivity contribution in [3.63, 3.8) is 0 Å². The summed E-state index contributed by atoms with van der Waals surface area (Å²) in [5, 5.41) is 13.2. The molecular weight excluding hydrogens is 230 g/mol. The Morgan fingerprint density at radius 1 is 1.61 bits per heavy atom. The molecule has 1 aromatic rings. The molecule has 5 heteroatoms. The van der Waals surface area contributed by atoms with Gasteiger partial charge in [-0.15, -0.1) is 0 Å². The molecule has 1 atom stereocenters. The predicted octanol–water partition coefficient (Wildman–Crippen LogP) is 1.28. The maximum atomic E-state index is 10.7. The molecule has 1 aromatic heterocycles. The van der Waals surface area contributed by atoms with Crippen molar-refractivity contribution in [1.29, 1.82) is 0 Å². The Balaban J connectivity index is 1.92. The van der Waals surface area contributed by atoms with E-state index in [0.717, 1.165) is 38.2 Å². The van der Waals surface area contributed by atoms with Crippen molar-refractivity contribution in [3.8, 4) is 0 Å². The summed E-state index contributed by atoms with van der Waals surface area (Å²) in [7, 11) is 1.94. The van der Waals surface area contributed by atoms with E-state index in [-0.39, 0.29) is 0 Å². The van der Waals surface area contributed by atoms with Crippen molar-refractivity contribution in [1.82, 2.24) is 14.7 Å². The number of nitrogens with zero attached hydrogens (tertiary/aromatic N) is 3. The number of hydrogen-bond acceptors (Lipinski definition) is 3. The molecule has 0 spiro atoms. The van der Waals surface area contributed by atoms with Crippen LogP contribution in [0.4, 0.5) is 0 Å². The van der Waals surface area contributed by atoms with Gasteiger partial charge in [-0.25, -0.2) is 0 Å². The van der Waals surface area contributed by atoms with Crippen LogP contribution in [0.15, 0.2) is 6.20 Å². The number of carbonyl (C=O) groups is 1. The van der Waals surface area contributed by atoms with Gasteiger partial charge in [-0.3, -0.25) is 14.4 Å². The molecule has 1 N–H and O–H groups in total. The van der Waals surface area contributed by atoms with Crippen LogP contribution < -0.4 is 0 Å². The van der Waals surface area contributed by atoms with Crippen molar-refractivity contribution in [3.05, 3.63) is 17.5 Å². The Labute approximate surface area is 107 Å². The SMILES string of the molecule is CCc1nn(C)cc1CN1CCC(CC(=O)O)C1. The maximum Gasteiger partial charge on any atom is 0.303 e. The molecule has 2 rings (SSSR count). The largest absolute Gasteiger partial charge is 0.481 e. The Bertz CT molecular complexity index is 428. The molecule has 0 bridgehead atoms. The molecule has 1 fully saturated rings. The minimum atomic E-state index is -0.683. The fraction of sp³-hybridized carbons (Fsp3) is 0.692. The lowest BCUT2D eigenvalue weighted by Crippen LogP contribution is -2.21. The molecule has 0 saturated carbocycles. The van der Waals surface area contributed by atoms with Gasteiger partial charge in [-0.05, 0) is 25.3 Å². The Morgan fingerprint density at radius 2 is 2.39 bits per heavy atom. The standard InChI is InChI=1S/C13H21N3O2/c1-3-12-11(8-15(2)14-12)9-16-5-4-10(7-16)6-13(17)18/h8,10H,3-7,9H2,1-2H3,(H,17,18). The summed E-state index contributed by atoms with van der Waals surface area (Å²) < 4.78 is 1.86. The van der Waals surface area contributed by atoms with Gasteiger partial charge in [0.05, 0.1) is 5.69 Å². The zero-order valence-electron chi connectivity index (χ0n) is 11.1. The second-order valence-corrected chi connectivity index (χ2v) is 5.12. The predicted molar refractivity (Wildman–Crippen MR) is 68.2 cm³/mol. The van der Waals surface area contributed by atoms with Gasteiger partial charge in [0.15, 0.2) is 0 Å². The van der Waals surface area contributed by atoms with Gasteiger partial charge in [0.25, 0.3) is 0 Å². The molecule has 1 unspecified atom stereocenters. The van der Waals surface area contributed by atoms with E-state index in [2.05, 4.69) is 23.1 Å². The minimum Gasteiger partial charge on any atom is -0.481 e. The van der Waals surface area contributed by atoms with Crippen molar-refractivity contribution < 1.29 is 9.90 Å². The van der Waals surface area contributed by atoms with Crippen molar-refractivity contribution in [2.45, 2.75) is 32.7 Å². The van der Waals surface area contributed by atoms with Crippen LogP contribution in [0.5, 0.6) is 0 Å². The summed E-state index contributed by atoms with van der Waals surface area (Å²) in [6.07, 6.45) is 4.31. The number of carboxylic acid groups (broad SMARTS) is 1. The molecule has 18 heavy (non-hydrogen) atoms. The van der Waals surface area contributed by atoms with Crippen LogP contribution in [-0.2, 0) is 24.8 Å². The van der Waals surface area contributed by atoms with Crippen LogP contribution in [0.3, 0.4) is 0 Å². The lowest BCUT2D eigenvalue weighted by Gasteiger charge is -2.15. The lowest BCUT2D eigenvalue weighted by molar-refractivity contribution is -0.138. The molecule has 1 saturated heterocycles. The quantitative estimate of drug-likeness (QED) is 0.856. The normalized spacial score (nSPS) is 20.4. The molecule has 0 radical (unpaired) electrons. The fourth-order valence-electron chi connectivity index (χ4n) is 2.72. The molecular formula is C13H21N3O2. The highest BCUT2D eigenvalue weighted by Crippen LogP contribution is 2.22. The first kappa shape index (κ1) is 13.1. The summed E-state index contributed by atoms with van der Waals surface area (Å²) in [4.78, 5) is 13.0. The first-order valence-corrected chi connectivity index (χ1v) is 6.54. The van der Waals surface area contributed by atoms with Crippen molar-refractivity contribution in [2.75, 3.05) is 13.1 Å². The Morgan fingerprint density at radius 3 is 3.06 bits per heavy atom. The highest BCUT2D eigenvalue weighted by atomic mass is 16.4. The van der Waals surface area contributed by atoms with Gasteiger partial charge >= 0.3 is 5.97 Å². The second-order valence-electron chi connectivity index (χ2n) is 5.12. The van der Waals surface area contributed by atoms with E-state index in [9.17, 15) is 4.79 Å². The number of carboxylic acids is 1. The zero-order chi connectivity index (χ0) is 13.1. The van der Waals surface area contributed by atoms with E-state index in [1.807, 2.05) is 11.7 Å². The zero-order valence-corrected chi connectivity index (χ0v) is 11.1. The molecule has 0 aliphatic carbocycles. The van der Waals surface area contributed by atoms with E-state index in [1.165, 1.54) is 5.56 Å². The molecule has 100 valence electrons. The third kappa shape index (κ3) is 3.10. The van der Waals surface area contributed by atoms with Crippen LogP contribution in [0.25, 0.3) is 0 Å². The van der Waals surface area contributed by atoms with E-state index < -0.39 is 5.97 Å². The van der Waals surface area contributed by atoms with Crippen molar-refractivity contribution in [2.24, 2.45) is 13.0 Å². The molecule has 5 nitrogen and oxygen atoms in total. The number of aromatic nitrogens is 2. The first-order chi connectivity index (χ1) is 8.58. The van der Waals surface area contributed by atoms with Gasteiger partial charge in [-0.2, -0.15) is 5.10 Å². The van der Waals surface area contributed by atoms with E-state index in [4.69, 9.17) is 5.11 Å². The Hall–Kier alpha value is -1.36. The average molecular weight is 251 g/mol. The van der Waals surface area contributed by atoms with Gasteiger partial charge in [0.2, 0.25) is 0 Å². The van der Waals surface area contributed by atoms with Crippen LogP contribution in [0.1, 0.15) is 31.0 Å². The number of aryl methyl sites for hydroxylation is 2. The minimum absolute atomic E-state index is 0.296. The molecule has 1 aliphatic heterocycles. The summed E-state index contributed by atoms with van der Waals surface area (Å²) in [6, 6.07) is 0. The lowest BCUT2D eigenvalue weighted by atomic mass is 10.1. The smallest absolute Gasteiger partial charge is 0.303 e. The van der Waals surface area contributed by atoms with Gasteiger partial charge in [0, 0.05) is 38.3 Å². The van der Waals surface area contributed by atoms with E-state index >= 15 is 0 Å². The van der Waals surface area contributed by atoms with Crippen LogP contribution in [-0.4, -0.2) is 38.8 Å². The highest BCUT2D eigenvalue weighted by Gasteiger charge is 2.25. The first-order valence-electron chi connectivity index (χ1n) is 6.54. The molecule has 2 heterocycles. The summed E-state index contributed by atoms with van der Waals surface area (Å²) >= 11 is 0. The summed E-state index contributed by atoms with van der Waals surface area (Å²) in [6.45, 7) is 4.90. The Kier molecular flexibility index (Phi) is 4.01. The molecule has 0 amide bonds. The van der Waals surface area contributed by atoms with Gasteiger partial charge in [0.1, 0.15) is 0 Å². The number of likely N-dealkylation sites (tertiary alicyclic amines) is 1. The number of rotatable bonds is 5. The van der Waals surface area contributed by atoms with E-state index in [0.29, 0.717) is 12.3 Å². The highest BCUT2D eigenvalue weighted by molar-refractivity contribution is 5.67.